The molecule has 3 atom stereocenters. The number of anilines is 1. The van der Waals surface area contributed by atoms with Gasteiger partial charge in [-0.3, -0.25) is 4.79 Å². The molecule has 4 nitrogen and oxygen atoms in total. The van der Waals surface area contributed by atoms with E-state index in [1.54, 1.807) is 23.1 Å². The van der Waals surface area contributed by atoms with Gasteiger partial charge >= 0.3 is 0 Å². The number of carbonyl (C=O) groups excluding carboxylic acids is 1. The van der Waals surface area contributed by atoms with E-state index in [0.717, 1.165) is 32.3 Å². The molecule has 2 heterocycles. The van der Waals surface area contributed by atoms with Crippen LogP contribution in [0.5, 0.6) is 0 Å². The fourth-order valence-corrected chi connectivity index (χ4v) is 3.36. The molecule has 0 saturated carbocycles. The molecule has 3 rings (SSSR count). The number of halogens is 1. The van der Waals surface area contributed by atoms with Crippen molar-refractivity contribution in [2.24, 2.45) is 0 Å². The van der Waals surface area contributed by atoms with Crippen LogP contribution in [-0.2, 0) is 9.53 Å². The van der Waals surface area contributed by atoms with Gasteiger partial charge in [0.05, 0.1) is 17.8 Å². The third-order valence-corrected chi connectivity index (χ3v) is 4.57. The molecule has 0 spiro atoms. The SMILES string of the molecule is C[C@H](N[C@H]1CCCN(c2ccccc2F)C1=O)[C@H]1CCCO1. The van der Waals surface area contributed by atoms with Gasteiger partial charge in [-0.1, -0.05) is 12.1 Å². The zero-order valence-corrected chi connectivity index (χ0v) is 12.9. The summed E-state index contributed by atoms with van der Waals surface area (Å²) in [6, 6.07) is 6.35. The summed E-state index contributed by atoms with van der Waals surface area (Å²) >= 11 is 0. The molecule has 1 aromatic rings. The average molecular weight is 306 g/mol. The van der Waals surface area contributed by atoms with E-state index < -0.39 is 0 Å². The van der Waals surface area contributed by atoms with Gasteiger partial charge in [-0.05, 0) is 44.7 Å². The Morgan fingerprint density at radius 1 is 1.32 bits per heavy atom. The molecule has 2 aliphatic heterocycles. The maximum Gasteiger partial charge on any atom is 0.244 e. The highest BCUT2D eigenvalue weighted by atomic mass is 19.1. The van der Waals surface area contributed by atoms with Crippen LogP contribution >= 0.6 is 0 Å². The number of ether oxygens (including phenoxy) is 1. The van der Waals surface area contributed by atoms with Crippen LogP contribution in [0.3, 0.4) is 0 Å². The Morgan fingerprint density at radius 3 is 2.86 bits per heavy atom. The van der Waals surface area contributed by atoms with Gasteiger partial charge in [-0.2, -0.15) is 0 Å². The van der Waals surface area contributed by atoms with Crippen LogP contribution in [0.4, 0.5) is 10.1 Å². The minimum atomic E-state index is -0.344. The molecule has 1 aromatic carbocycles. The predicted octanol–water partition coefficient (Wildman–Crippen LogP) is 2.48. The molecule has 2 aliphatic rings. The molecule has 1 N–H and O–H groups in total. The third kappa shape index (κ3) is 3.15. The molecule has 2 fully saturated rings. The van der Waals surface area contributed by atoms with Crippen molar-refractivity contribution in [2.45, 2.75) is 50.8 Å². The number of nitrogens with zero attached hydrogens (tertiary/aromatic N) is 1. The standard InChI is InChI=1S/C17H23FN2O2/c1-12(16-9-5-11-22-16)19-14-7-4-10-20(17(14)21)15-8-3-2-6-13(15)18/h2-3,6,8,12,14,16,19H,4-5,7,9-11H2,1H3/t12-,14-,16+/m0/s1. The lowest BCUT2D eigenvalue weighted by Gasteiger charge is -2.35. The van der Waals surface area contributed by atoms with Crippen molar-refractivity contribution in [1.82, 2.24) is 5.32 Å². The van der Waals surface area contributed by atoms with Gasteiger partial charge in [-0.25, -0.2) is 4.39 Å². The lowest BCUT2D eigenvalue weighted by atomic mass is 10.0. The van der Waals surface area contributed by atoms with E-state index in [1.165, 1.54) is 6.07 Å². The highest BCUT2D eigenvalue weighted by Gasteiger charge is 2.33. The Labute approximate surface area is 130 Å². The van der Waals surface area contributed by atoms with E-state index in [4.69, 9.17) is 4.74 Å². The van der Waals surface area contributed by atoms with Crippen molar-refractivity contribution in [2.75, 3.05) is 18.1 Å². The van der Waals surface area contributed by atoms with Crippen LogP contribution in [0, 0.1) is 5.82 Å². The Hall–Kier alpha value is -1.46. The van der Waals surface area contributed by atoms with Crippen LogP contribution in [-0.4, -0.2) is 37.2 Å². The normalized spacial score (nSPS) is 27.2. The van der Waals surface area contributed by atoms with E-state index in [9.17, 15) is 9.18 Å². The first-order valence-corrected chi connectivity index (χ1v) is 8.10. The monoisotopic (exact) mass is 306 g/mol. The number of nitrogens with one attached hydrogen (secondary N) is 1. The van der Waals surface area contributed by atoms with E-state index >= 15 is 0 Å². The zero-order valence-electron chi connectivity index (χ0n) is 12.9. The molecule has 0 radical (unpaired) electrons. The Kier molecular flexibility index (Phi) is 4.74. The van der Waals surface area contributed by atoms with Gasteiger partial charge in [0.25, 0.3) is 0 Å². The zero-order chi connectivity index (χ0) is 15.5. The minimum absolute atomic E-state index is 0.0406. The molecule has 22 heavy (non-hydrogen) atoms. The van der Waals surface area contributed by atoms with Gasteiger partial charge in [-0.15, -0.1) is 0 Å². The van der Waals surface area contributed by atoms with Gasteiger partial charge in [0.15, 0.2) is 0 Å². The van der Waals surface area contributed by atoms with Gasteiger partial charge < -0.3 is 15.0 Å². The quantitative estimate of drug-likeness (QED) is 0.929. The molecule has 0 aromatic heterocycles. The summed E-state index contributed by atoms with van der Waals surface area (Å²) in [4.78, 5) is 14.3. The molecule has 120 valence electrons. The fraction of sp³-hybridized carbons (Fsp3) is 0.588. The lowest BCUT2D eigenvalue weighted by Crippen LogP contribution is -2.55. The highest BCUT2D eigenvalue weighted by molar-refractivity contribution is 5.98. The number of benzene rings is 1. The van der Waals surface area contributed by atoms with Crippen LogP contribution in [0.2, 0.25) is 0 Å². The first-order chi connectivity index (χ1) is 10.7. The van der Waals surface area contributed by atoms with Gasteiger partial charge in [0, 0.05) is 19.2 Å². The van der Waals surface area contributed by atoms with Crippen molar-refractivity contribution in [3.8, 4) is 0 Å². The van der Waals surface area contributed by atoms with Crippen molar-refractivity contribution >= 4 is 11.6 Å². The largest absolute Gasteiger partial charge is 0.377 e. The summed E-state index contributed by atoms with van der Waals surface area (Å²) in [5.74, 6) is -0.384. The number of piperidine rings is 1. The molecule has 0 bridgehead atoms. The second-order valence-electron chi connectivity index (χ2n) is 6.14. The Bertz CT molecular complexity index is 531. The first kappa shape index (κ1) is 15.4. The molecule has 0 aliphatic carbocycles. The molecular weight excluding hydrogens is 283 g/mol. The first-order valence-electron chi connectivity index (χ1n) is 8.10. The minimum Gasteiger partial charge on any atom is -0.377 e. The van der Waals surface area contributed by atoms with Crippen molar-refractivity contribution in [3.63, 3.8) is 0 Å². The van der Waals surface area contributed by atoms with Crippen molar-refractivity contribution in [3.05, 3.63) is 30.1 Å². The van der Waals surface area contributed by atoms with Gasteiger partial charge in [0.1, 0.15) is 5.82 Å². The second kappa shape index (κ2) is 6.75. The number of hydrogen-bond donors (Lipinski definition) is 1. The summed E-state index contributed by atoms with van der Waals surface area (Å²) in [7, 11) is 0. The summed E-state index contributed by atoms with van der Waals surface area (Å²) in [5, 5.41) is 3.39. The van der Waals surface area contributed by atoms with Crippen LogP contribution < -0.4 is 10.2 Å². The maximum absolute atomic E-state index is 13.9. The predicted molar refractivity (Wildman–Crippen MR) is 83.3 cm³/mol. The number of amides is 1. The van der Waals surface area contributed by atoms with E-state index in [0.29, 0.717) is 12.2 Å². The van der Waals surface area contributed by atoms with Crippen LogP contribution in [0.25, 0.3) is 0 Å². The fourth-order valence-electron chi connectivity index (χ4n) is 3.36. The second-order valence-corrected chi connectivity index (χ2v) is 6.14. The molecule has 0 unspecified atom stereocenters. The number of carbonyl (C=O) groups is 1. The summed E-state index contributed by atoms with van der Waals surface area (Å²) in [5.41, 5.74) is 0.378. The smallest absolute Gasteiger partial charge is 0.244 e. The van der Waals surface area contributed by atoms with Gasteiger partial charge in [0.2, 0.25) is 5.91 Å². The Balaban J connectivity index is 1.68. The topological polar surface area (TPSA) is 41.6 Å². The maximum atomic E-state index is 13.9. The van der Waals surface area contributed by atoms with Crippen LogP contribution in [0.1, 0.15) is 32.6 Å². The molecule has 2 saturated heterocycles. The summed E-state index contributed by atoms with van der Waals surface area (Å²) in [6.07, 6.45) is 3.95. The van der Waals surface area contributed by atoms with Crippen molar-refractivity contribution in [1.29, 1.82) is 0 Å². The Morgan fingerprint density at radius 2 is 2.14 bits per heavy atom. The number of para-hydroxylation sites is 1. The summed E-state index contributed by atoms with van der Waals surface area (Å²) < 4.78 is 19.6. The van der Waals surface area contributed by atoms with Crippen molar-refractivity contribution < 1.29 is 13.9 Å². The summed E-state index contributed by atoms with van der Waals surface area (Å²) in [6.45, 7) is 3.44. The van der Waals surface area contributed by atoms with E-state index in [2.05, 4.69) is 12.2 Å². The molecular formula is C17H23FN2O2. The van der Waals surface area contributed by atoms with Crippen LogP contribution in [0.15, 0.2) is 24.3 Å². The highest BCUT2D eigenvalue weighted by Crippen LogP contribution is 2.25. The lowest BCUT2D eigenvalue weighted by molar-refractivity contribution is -0.122. The third-order valence-electron chi connectivity index (χ3n) is 4.57. The molecule has 5 heteroatoms. The molecule has 1 amide bonds. The van der Waals surface area contributed by atoms with E-state index in [-0.39, 0.29) is 29.9 Å². The number of rotatable bonds is 4. The van der Waals surface area contributed by atoms with E-state index in [1.807, 2.05) is 0 Å². The average Bonchev–Trinajstić information content (AvgIpc) is 3.05. The number of hydrogen-bond acceptors (Lipinski definition) is 3.